The van der Waals surface area contributed by atoms with E-state index in [9.17, 15) is 9.59 Å². The number of dihydropyridines is 1. The summed E-state index contributed by atoms with van der Waals surface area (Å²) in [5, 5.41) is 6.87. The molecular weight excluding hydrogens is 582 g/mol. The average Bonchev–Trinajstić information content (AvgIpc) is 3.27. The van der Waals surface area contributed by atoms with E-state index in [2.05, 4.69) is 45.4 Å². The van der Waals surface area contributed by atoms with Crippen LogP contribution in [-0.4, -0.2) is 38.0 Å². The van der Waals surface area contributed by atoms with Gasteiger partial charge < -0.3 is 19.5 Å². The largest absolute Gasteiger partial charge is 0.496 e. The molecule has 2 N–H and O–H groups in total. The number of ether oxygens (including phenoxy) is 3. The Hall–Kier alpha value is -3.37. The number of ketones is 1. The van der Waals surface area contributed by atoms with Gasteiger partial charge in [0.25, 0.3) is 5.91 Å². The van der Waals surface area contributed by atoms with Crippen LogP contribution in [0.2, 0.25) is 0 Å². The van der Waals surface area contributed by atoms with E-state index in [1.54, 1.807) is 33.5 Å². The zero-order valence-corrected chi connectivity index (χ0v) is 25.1. The third-order valence-electron chi connectivity index (χ3n) is 7.10. The molecular formula is C29H30BrN3O5S. The Labute approximate surface area is 239 Å². The molecule has 204 valence electrons. The van der Waals surface area contributed by atoms with Crippen molar-refractivity contribution in [1.29, 1.82) is 0 Å². The molecule has 1 aliphatic carbocycles. The fourth-order valence-corrected chi connectivity index (χ4v) is 6.86. The van der Waals surface area contributed by atoms with E-state index in [0.29, 0.717) is 57.6 Å². The van der Waals surface area contributed by atoms with Gasteiger partial charge in [0.2, 0.25) is 0 Å². The Morgan fingerprint density at radius 1 is 1.08 bits per heavy atom. The molecule has 2 aliphatic rings. The number of aromatic nitrogens is 1. The van der Waals surface area contributed by atoms with Gasteiger partial charge >= 0.3 is 0 Å². The van der Waals surface area contributed by atoms with Gasteiger partial charge in [-0.25, -0.2) is 4.98 Å². The summed E-state index contributed by atoms with van der Waals surface area (Å²) >= 11 is 4.87. The van der Waals surface area contributed by atoms with Crippen LogP contribution in [0.3, 0.4) is 0 Å². The Balaban J connectivity index is 1.65. The number of hydrogen-bond acceptors (Lipinski definition) is 8. The van der Waals surface area contributed by atoms with Gasteiger partial charge in [0.1, 0.15) is 5.75 Å². The number of thiazole rings is 1. The van der Waals surface area contributed by atoms with Crippen molar-refractivity contribution in [3.63, 3.8) is 0 Å². The highest BCUT2D eigenvalue weighted by molar-refractivity contribution is 9.10. The van der Waals surface area contributed by atoms with Gasteiger partial charge in [-0.3, -0.25) is 14.9 Å². The lowest BCUT2D eigenvalue weighted by Gasteiger charge is -2.40. The zero-order valence-electron chi connectivity index (χ0n) is 22.7. The lowest BCUT2D eigenvalue weighted by atomic mass is 9.68. The number of fused-ring (bicyclic) bond motifs is 1. The van der Waals surface area contributed by atoms with Crippen LogP contribution in [0.1, 0.15) is 45.1 Å². The average molecular weight is 613 g/mol. The molecule has 0 radical (unpaired) electrons. The number of methoxy groups -OCH3 is 3. The number of allylic oxidation sites excluding steroid dienone is 3. The molecule has 0 spiro atoms. The number of anilines is 1. The van der Waals surface area contributed by atoms with E-state index in [1.807, 2.05) is 25.1 Å². The van der Waals surface area contributed by atoms with Crippen molar-refractivity contribution < 1.29 is 23.8 Å². The van der Waals surface area contributed by atoms with Crippen molar-refractivity contribution >= 4 is 54.3 Å². The Morgan fingerprint density at radius 3 is 2.46 bits per heavy atom. The predicted molar refractivity (Wildman–Crippen MR) is 156 cm³/mol. The van der Waals surface area contributed by atoms with Crippen LogP contribution in [0.15, 0.2) is 57.3 Å². The molecule has 0 saturated heterocycles. The van der Waals surface area contributed by atoms with Crippen molar-refractivity contribution in [3.05, 3.63) is 62.9 Å². The first-order valence-electron chi connectivity index (χ1n) is 12.5. The smallest absolute Gasteiger partial charge is 0.256 e. The van der Waals surface area contributed by atoms with Gasteiger partial charge in [-0.2, -0.15) is 0 Å². The molecule has 0 fully saturated rings. The summed E-state index contributed by atoms with van der Waals surface area (Å²) < 4.78 is 18.7. The summed E-state index contributed by atoms with van der Waals surface area (Å²) in [4.78, 5) is 32.3. The third-order valence-corrected chi connectivity index (χ3v) is 8.53. The Kier molecular flexibility index (Phi) is 7.19. The van der Waals surface area contributed by atoms with Crippen molar-refractivity contribution in [2.24, 2.45) is 5.41 Å². The van der Waals surface area contributed by atoms with Crippen molar-refractivity contribution in [3.8, 4) is 17.2 Å². The standard InChI is InChI=1S/C29H30BrN3O5S/c1-14-24(27(35)33-28-32-17-8-7-15(30)9-23(17)39-28)25(26-18(31-14)12-29(2,3)13-19(26)34)16-10-21(37-5)22(38-6)11-20(16)36-4/h7-11,25,31H,12-13H2,1-6H3,(H,32,33,35)/t25-/m0/s1. The Bertz CT molecular complexity index is 1570. The molecule has 1 aliphatic heterocycles. The maximum absolute atomic E-state index is 14.0. The first-order chi connectivity index (χ1) is 18.5. The second kappa shape index (κ2) is 10.3. The van der Waals surface area contributed by atoms with Gasteiger partial charge in [-0.05, 0) is 43.0 Å². The van der Waals surface area contributed by atoms with Crippen molar-refractivity contribution in [2.45, 2.75) is 39.5 Å². The topological polar surface area (TPSA) is 98.8 Å². The highest BCUT2D eigenvalue weighted by Crippen LogP contribution is 2.50. The second-order valence-corrected chi connectivity index (χ2v) is 12.4. The first kappa shape index (κ1) is 27.2. The molecule has 1 atom stereocenters. The van der Waals surface area contributed by atoms with Crippen LogP contribution in [0.5, 0.6) is 17.2 Å². The fraction of sp³-hybridized carbons (Fsp3) is 0.345. The fourth-order valence-electron chi connectivity index (χ4n) is 5.44. The number of nitrogens with zero attached hydrogens (tertiary/aromatic N) is 1. The molecule has 0 saturated carbocycles. The van der Waals surface area contributed by atoms with Gasteiger partial charge in [0.05, 0.1) is 37.5 Å². The first-order valence-corrected chi connectivity index (χ1v) is 14.1. The minimum atomic E-state index is -0.678. The number of nitrogens with one attached hydrogen (secondary N) is 2. The molecule has 8 nitrogen and oxygen atoms in total. The van der Waals surface area contributed by atoms with Gasteiger partial charge in [-0.1, -0.05) is 41.1 Å². The van der Waals surface area contributed by atoms with Crippen LogP contribution >= 0.6 is 27.3 Å². The molecule has 0 bridgehead atoms. The summed E-state index contributed by atoms with van der Waals surface area (Å²) in [5.41, 5.74) is 3.73. The quantitative estimate of drug-likeness (QED) is 0.336. The predicted octanol–water partition coefficient (Wildman–Crippen LogP) is 6.33. The number of Topliss-reactive ketones (excluding diaryl/α,β-unsaturated/α-hetero) is 1. The molecule has 10 heteroatoms. The number of amides is 1. The van der Waals surface area contributed by atoms with Crippen LogP contribution < -0.4 is 24.8 Å². The molecule has 39 heavy (non-hydrogen) atoms. The molecule has 0 unspecified atom stereocenters. The normalized spacial score (nSPS) is 18.5. The van der Waals surface area contributed by atoms with E-state index >= 15 is 0 Å². The molecule has 1 aromatic heterocycles. The van der Waals surface area contributed by atoms with E-state index in [0.717, 1.165) is 20.4 Å². The lowest BCUT2D eigenvalue weighted by Crippen LogP contribution is -2.39. The third kappa shape index (κ3) is 5.03. The summed E-state index contributed by atoms with van der Waals surface area (Å²) in [5.74, 6) is 0.439. The minimum absolute atomic E-state index is 0.00164. The summed E-state index contributed by atoms with van der Waals surface area (Å²) in [7, 11) is 4.66. The number of benzene rings is 2. The summed E-state index contributed by atoms with van der Waals surface area (Å²) in [6, 6.07) is 9.29. The van der Waals surface area contributed by atoms with Crippen LogP contribution in [0, 0.1) is 5.41 Å². The van der Waals surface area contributed by atoms with Crippen molar-refractivity contribution in [1.82, 2.24) is 10.3 Å². The minimum Gasteiger partial charge on any atom is -0.496 e. The highest BCUT2D eigenvalue weighted by atomic mass is 79.9. The second-order valence-electron chi connectivity index (χ2n) is 10.5. The molecule has 2 aromatic carbocycles. The van der Waals surface area contributed by atoms with E-state index < -0.39 is 5.92 Å². The number of carbonyl (C=O) groups is 2. The van der Waals surface area contributed by atoms with Gasteiger partial charge in [-0.15, -0.1) is 0 Å². The summed E-state index contributed by atoms with van der Waals surface area (Å²) in [6.45, 7) is 6.02. The number of rotatable bonds is 6. The lowest BCUT2D eigenvalue weighted by molar-refractivity contribution is -0.118. The van der Waals surface area contributed by atoms with E-state index in [-0.39, 0.29) is 17.1 Å². The maximum atomic E-state index is 14.0. The molecule has 2 heterocycles. The van der Waals surface area contributed by atoms with E-state index in [1.165, 1.54) is 11.3 Å². The van der Waals surface area contributed by atoms with Crippen LogP contribution in [-0.2, 0) is 9.59 Å². The number of halogens is 1. The molecule has 1 amide bonds. The SMILES string of the molecule is COc1cc(OC)c([C@H]2C(C(=O)Nc3nc4ccc(Br)cc4s3)=C(C)NC3=C2C(=O)CC(C)(C)C3)cc1OC. The zero-order chi connectivity index (χ0) is 28.1. The monoisotopic (exact) mass is 611 g/mol. The highest BCUT2D eigenvalue weighted by Gasteiger charge is 2.44. The summed E-state index contributed by atoms with van der Waals surface area (Å²) in [6.07, 6.45) is 1.06. The number of carbonyl (C=O) groups excluding carboxylic acids is 2. The van der Waals surface area contributed by atoms with Crippen molar-refractivity contribution in [2.75, 3.05) is 26.6 Å². The van der Waals surface area contributed by atoms with E-state index in [4.69, 9.17) is 14.2 Å². The number of hydrogen-bond donors (Lipinski definition) is 2. The van der Waals surface area contributed by atoms with Gasteiger partial charge in [0, 0.05) is 45.1 Å². The Morgan fingerprint density at radius 2 is 1.77 bits per heavy atom. The molecule has 3 aromatic rings. The van der Waals surface area contributed by atoms with Crippen LogP contribution in [0.4, 0.5) is 5.13 Å². The van der Waals surface area contributed by atoms with Gasteiger partial charge in [0.15, 0.2) is 22.4 Å². The molecule has 5 rings (SSSR count). The van der Waals surface area contributed by atoms with Crippen LogP contribution in [0.25, 0.3) is 10.2 Å². The maximum Gasteiger partial charge on any atom is 0.256 e.